The first-order valence-corrected chi connectivity index (χ1v) is 8.23. The van der Waals surface area contributed by atoms with Gasteiger partial charge in [0.1, 0.15) is 5.75 Å². The summed E-state index contributed by atoms with van der Waals surface area (Å²) in [5.74, 6) is 0.575. The first kappa shape index (κ1) is 16.9. The highest BCUT2D eigenvalue weighted by atomic mass is 32.2. The molecule has 0 spiro atoms. The fourth-order valence-corrected chi connectivity index (χ4v) is 3.36. The summed E-state index contributed by atoms with van der Waals surface area (Å²) >= 11 is 0. The minimum absolute atomic E-state index is 0.0372. The Labute approximate surface area is 134 Å². The zero-order valence-electron chi connectivity index (χ0n) is 12.6. The Bertz CT molecular complexity index is 803. The smallest absolute Gasteiger partial charge is 0.269 e. The van der Waals surface area contributed by atoms with E-state index < -0.39 is 21.0 Å². The van der Waals surface area contributed by atoms with Gasteiger partial charge in [-0.3, -0.25) is 10.1 Å². The van der Waals surface area contributed by atoms with Crippen LogP contribution in [-0.4, -0.2) is 20.5 Å². The number of nitrogens with one attached hydrogen (secondary N) is 1. The van der Waals surface area contributed by atoms with Gasteiger partial charge in [-0.05, 0) is 25.1 Å². The largest absolute Gasteiger partial charge is 0.496 e. The van der Waals surface area contributed by atoms with E-state index in [2.05, 4.69) is 4.72 Å². The molecule has 122 valence electrons. The molecular weight excluding hydrogens is 320 g/mol. The van der Waals surface area contributed by atoms with Crippen LogP contribution in [0.3, 0.4) is 0 Å². The monoisotopic (exact) mass is 336 g/mol. The summed E-state index contributed by atoms with van der Waals surface area (Å²) in [5.41, 5.74) is 0.530. The van der Waals surface area contributed by atoms with Crippen molar-refractivity contribution in [3.63, 3.8) is 0 Å². The molecule has 0 bridgehead atoms. The molecule has 2 rings (SSSR count). The van der Waals surface area contributed by atoms with Gasteiger partial charge in [-0.2, -0.15) is 0 Å². The van der Waals surface area contributed by atoms with Gasteiger partial charge < -0.3 is 4.74 Å². The number of nitro benzene ring substituents is 1. The first-order valence-electron chi connectivity index (χ1n) is 6.75. The predicted molar refractivity (Wildman–Crippen MR) is 84.8 cm³/mol. The number of hydrogen-bond acceptors (Lipinski definition) is 5. The van der Waals surface area contributed by atoms with Gasteiger partial charge in [0.2, 0.25) is 10.0 Å². The Morgan fingerprint density at radius 3 is 2.30 bits per heavy atom. The minimum Gasteiger partial charge on any atom is -0.496 e. The highest BCUT2D eigenvalue weighted by molar-refractivity contribution is 7.89. The van der Waals surface area contributed by atoms with Crippen LogP contribution in [0.25, 0.3) is 0 Å². The summed E-state index contributed by atoms with van der Waals surface area (Å²) in [7, 11) is -2.29. The molecule has 0 radical (unpaired) electrons. The molecule has 8 heteroatoms. The number of methoxy groups -OCH3 is 1. The van der Waals surface area contributed by atoms with Crippen LogP contribution in [0.2, 0.25) is 0 Å². The highest BCUT2D eigenvalue weighted by Crippen LogP contribution is 2.26. The van der Waals surface area contributed by atoms with Crippen molar-refractivity contribution in [1.82, 2.24) is 4.72 Å². The van der Waals surface area contributed by atoms with E-state index in [0.717, 1.165) is 12.1 Å². The van der Waals surface area contributed by atoms with E-state index in [1.807, 2.05) is 0 Å². The summed E-state index contributed by atoms with van der Waals surface area (Å²) in [6.07, 6.45) is 0. The Hall–Kier alpha value is -2.45. The molecule has 0 heterocycles. The average Bonchev–Trinajstić information content (AvgIpc) is 2.54. The molecule has 0 saturated heterocycles. The van der Waals surface area contributed by atoms with Crippen molar-refractivity contribution in [3.05, 3.63) is 64.2 Å². The molecular formula is C15H16N2O5S. The predicted octanol–water partition coefficient (Wildman–Crippen LogP) is 2.64. The van der Waals surface area contributed by atoms with Crippen LogP contribution < -0.4 is 9.46 Å². The molecule has 1 atom stereocenters. The summed E-state index contributed by atoms with van der Waals surface area (Å²) in [6, 6.07) is 11.3. The lowest BCUT2D eigenvalue weighted by Crippen LogP contribution is -2.27. The Morgan fingerprint density at radius 2 is 1.74 bits per heavy atom. The maximum atomic E-state index is 12.4. The molecule has 7 nitrogen and oxygen atoms in total. The van der Waals surface area contributed by atoms with Gasteiger partial charge in [-0.25, -0.2) is 13.1 Å². The standard InChI is InChI=1S/C15H16N2O5S/c1-11(14-5-3-4-6-15(14)22-2)16-23(20,21)13-9-7-12(8-10-13)17(18)19/h3-11,16H,1-2H3/t11-/m1/s1. The number of benzene rings is 2. The van der Waals surface area contributed by atoms with Crippen molar-refractivity contribution in [2.45, 2.75) is 17.9 Å². The van der Waals surface area contributed by atoms with Gasteiger partial charge in [0.15, 0.2) is 0 Å². The minimum atomic E-state index is -3.80. The topological polar surface area (TPSA) is 98.5 Å². The summed E-state index contributed by atoms with van der Waals surface area (Å²) in [4.78, 5) is 10.0. The third-order valence-electron chi connectivity index (χ3n) is 3.30. The Balaban J connectivity index is 2.25. The number of rotatable bonds is 6. The van der Waals surface area contributed by atoms with Crippen LogP contribution in [0.1, 0.15) is 18.5 Å². The fourth-order valence-electron chi connectivity index (χ4n) is 2.14. The number of para-hydroxylation sites is 1. The van der Waals surface area contributed by atoms with Crippen LogP contribution in [0, 0.1) is 10.1 Å². The maximum absolute atomic E-state index is 12.4. The second-order valence-corrected chi connectivity index (χ2v) is 6.55. The van der Waals surface area contributed by atoms with Crippen LogP contribution in [-0.2, 0) is 10.0 Å². The quantitative estimate of drug-likeness (QED) is 0.646. The van der Waals surface area contributed by atoms with Crippen molar-refractivity contribution < 1.29 is 18.1 Å². The van der Waals surface area contributed by atoms with Crippen molar-refractivity contribution in [3.8, 4) is 5.75 Å². The van der Waals surface area contributed by atoms with Gasteiger partial charge in [-0.15, -0.1) is 0 Å². The van der Waals surface area contributed by atoms with Crippen LogP contribution in [0.4, 0.5) is 5.69 Å². The zero-order chi connectivity index (χ0) is 17.0. The lowest BCUT2D eigenvalue weighted by molar-refractivity contribution is -0.384. The van der Waals surface area contributed by atoms with Crippen LogP contribution >= 0.6 is 0 Å². The lowest BCUT2D eigenvalue weighted by Gasteiger charge is -2.17. The Kier molecular flexibility index (Phi) is 4.97. The molecule has 0 saturated carbocycles. The number of nitro groups is 1. The SMILES string of the molecule is COc1ccccc1[C@@H](C)NS(=O)(=O)c1ccc([N+](=O)[O-])cc1. The molecule has 2 aromatic rings. The van der Waals surface area contributed by atoms with E-state index in [1.165, 1.54) is 19.2 Å². The van der Waals surface area contributed by atoms with Gasteiger partial charge in [0.05, 0.1) is 16.9 Å². The van der Waals surface area contributed by atoms with E-state index in [9.17, 15) is 18.5 Å². The average molecular weight is 336 g/mol. The molecule has 0 unspecified atom stereocenters. The molecule has 0 aliphatic carbocycles. The molecule has 0 aromatic heterocycles. The van der Waals surface area contributed by atoms with Crippen molar-refractivity contribution in [2.75, 3.05) is 7.11 Å². The van der Waals surface area contributed by atoms with Crippen LogP contribution in [0.5, 0.6) is 5.75 Å². The second-order valence-electron chi connectivity index (χ2n) is 4.84. The highest BCUT2D eigenvalue weighted by Gasteiger charge is 2.21. The van der Waals surface area contributed by atoms with Crippen molar-refractivity contribution in [1.29, 1.82) is 0 Å². The van der Waals surface area contributed by atoms with E-state index in [1.54, 1.807) is 31.2 Å². The molecule has 0 aliphatic heterocycles. The van der Waals surface area contributed by atoms with E-state index in [0.29, 0.717) is 11.3 Å². The van der Waals surface area contributed by atoms with Crippen LogP contribution in [0.15, 0.2) is 53.4 Å². The third-order valence-corrected chi connectivity index (χ3v) is 4.85. The summed E-state index contributed by atoms with van der Waals surface area (Å²) in [6.45, 7) is 1.70. The second kappa shape index (κ2) is 6.76. The van der Waals surface area contributed by atoms with E-state index >= 15 is 0 Å². The molecule has 23 heavy (non-hydrogen) atoms. The molecule has 0 amide bonds. The lowest BCUT2D eigenvalue weighted by atomic mass is 10.1. The summed E-state index contributed by atoms with van der Waals surface area (Å²) in [5, 5.41) is 10.6. The molecule has 2 aromatic carbocycles. The number of hydrogen-bond donors (Lipinski definition) is 1. The van der Waals surface area contributed by atoms with Gasteiger partial charge in [-0.1, -0.05) is 18.2 Å². The fraction of sp³-hybridized carbons (Fsp3) is 0.200. The molecule has 0 fully saturated rings. The zero-order valence-corrected chi connectivity index (χ0v) is 13.4. The number of nitrogens with zero attached hydrogens (tertiary/aromatic N) is 1. The number of non-ortho nitro benzene ring substituents is 1. The molecule has 1 N–H and O–H groups in total. The van der Waals surface area contributed by atoms with Crippen molar-refractivity contribution >= 4 is 15.7 Å². The maximum Gasteiger partial charge on any atom is 0.269 e. The van der Waals surface area contributed by atoms with Gasteiger partial charge >= 0.3 is 0 Å². The van der Waals surface area contributed by atoms with Gasteiger partial charge in [0.25, 0.3) is 5.69 Å². The first-order chi connectivity index (χ1) is 10.8. The third kappa shape index (κ3) is 3.85. The van der Waals surface area contributed by atoms with E-state index in [4.69, 9.17) is 4.74 Å². The van der Waals surface area contributed by atoms with Crippen molar-refractivity contribution in [2.24, 2.45) is 0 Å². The molecule has 0 aliphatic rings. The van der Waals surface area contributed by atoms with Gasteiger partial charge in [0, 0.05) is 23.7 Å². The Morgan fingerprint density at radius 1 is 1.13 bits per heavy atom. The van der Waals surface area contributed by atoms with E-state index in [-0.39, 0.29) is 10.6 Å². The number of sulfonamides is 1. The number of ether oxygens (including phenoxy) is 1. The normalized spacial score (nSPS) is 12.6. The summed E-state index contributed by atoms with van der Waals surface area (Å²) < 4.78 is 32.5.